The predicted molar refractivity (Wildman–Crippen MR) is 94.8 cm³/mol. The summed E-state index contributed by atoms with van der Waals surface area (Å²) < 4.78 is 0. The summed E-state index contributed by atoms with van der Waals surface area (Å²) >= 11 is 3.32. The van der Waals surface area contributed by atoms with Crippen LogP contribution >= 0.6 is 22.7 Å². The van der Waals surface area contributed by atoms with Crippen LogP contribution in [0.4, 0.5) is 4.79 Å². The van der Waals surface area contributed by atoms with Crippen molar-refractivity contribution in [3.63, 3.8) is 0 Å². The summed E-state index contributed by atoms with van der Waals surface area (Å²) in [5, 5.41) is 9.11. The number of nitrogens with one attached hydrogen (secondary N) is 2. The Morgan fingerprint density at radius 3 is 2.43 bits per heavy atom. The molecule has 0 fully saturated rings. The lowest BCUT2D eigenvalue weighted by atomic mass is 10.3. The van der Waals surface area contributed by atoms with Crippen LogP contribution < -0.4 is 10.6 Å². The molecule has 0 saturated carbocycles. The molecule has 3 amide bonds. The van der Waals surface area contributed by atoms with Gasteiger partial charge in [-0.25, -0.2) is 4.79 Å². The molecule has 0 unspecified atom stereocenters. The molecule has 2 rings (SSSR count). The van der Waals surface area contributed by atoms with Crippen LogP contribution in [0.3, 0.4) is 0 Å². The summed E-state index contributed by atoms with van der Waals surface area (Å²) in [6.07, 6.45) is 0.777. The molecule has 5 nitrogen and oxygen atoms in total. The number of hydrogen-bond donors (Lipinski definition) is 2. The van der Waals surface area contributed by atoms with Crippen LogP contribution in [0.5, 0.6) is 0 Å². The third-order valence-corrected chi connectivity index (χ3v) is 5.06. The molecule has 0 aliphatic carbocycles. The van der Waals surface area contributed by atoms with Crippen LogP contribution in [0.15, 0.2) is 35.0 Å². The van der Waals surface area contributed by atoms with Crippen molar-refractivity contribution in [1.82, 2.24) is 15.5 Å². The van der Waals surface area contributed by atoms with E-state index in [2.05, 4.69) is 10.6 Å². The summed E-state index contributed by atoms with van der Waals surface area (Å²) in [6.45, 7) is 4.22. The molecule has 124 valence electrons. The molecule has 23 heavy (non-hydrogen) atoms. The van der Waals surface area contributed by atoms with Crippen molar-refractivity contribution in [2.24, 2.45) is 0 Å². The highest BCUT2D eigenvalue weighted by Gasteiger charge is 2.12. The van der Waals surface area contributed by atoms with Gasteiger partial charge in [0.25, 0.3) is 0 Å². The zero-order valence-electron chi connectivity index (χ0n) is 13.1. The van der Waals surface area contributed by atoms with Crippen LogP contribution in [-0.2, 0) is 17.8 Å². The first-order valence-corrected chi connectivity index (χ1v) is 9.28. The molecule has 7 heteroatoms. The van der Waals surface area contributed by atoms with Crippen molar-refractivity contribution in [1.29, 1.82) is 0 Å². The standard InChI is InChI=1S/C16H21N3O2S2/c1-2-19(11-14-6-4-10-23-14)12-15(20)18-16(21)17-8-7-13-5-3-9-22-13/h3-6,9-10H,2,7-8,11-12H2,1H3,(H2,17,18,20,21). The average Bonchev–Trinajstić information content (AvgIpc) is 3.19. The van der Waals surface area contributed by atoms with E-state index in [0.29, 0.717) is 6.54 Å². The molecule has 2 N–H and O–H groups in total. The molecular formula is C16H21N3O2S2. The fourth-order valence-electron chi connectivity index (χ4n) is 2.07. The van der Waals surface area contributed by atoms with Crippen molar-refractivity contribution < 1.29 is 9.59 Å². The van der Waals surface area contributed by atoms with Gasteiger partial charge in [0.15, 0.2) is 0 Å². The highest BCUT2D eigenvalue weighted by atomic mass is 32.1. The summed E-state index contributed by atoms with van der Waals surface area (Å²) in [5.41, 5.74) is 0. The normalized spacial score (nSPS) is 10.7. The first-order chi connectivity index (χ1) is 11.2. The maximum atomic E-state index is 11.9. The number of nitrogens with zero attached hydrogens (tertiary/aromatic N) is 1. The number of thiophene rings is 2. The third-order valence-electron chi connectivity index (χ3n) is 3.26. The number of urea groups is 1. The highest BCUT2D eigenvalue weighted by molar-refractivity contribution is 7.10. The van der Waals surface area contributed by atoms with Crippen molar-refractivity contribution in [2.45, 2.75) is 19.9 Å². The van der Waals surface area contributed by atoms with Crippen LogP contribution in [0.2, 0.25) is 0 Å². The zero-order chi connectivity index (χ0) is 16.5. The van der Waals surface area contributed by atoms with Gasteiger partial charge in [0, 0.05) is 22.8 Å². The van der Waals surface area contributed by atoms with Gasteiger partial charge >= 0.3 is 6.03 Å². The number of rotatable bonds is 8. The Morgan fingerprint density at radius 1 is 1.13 bits per heavy atom. The van der Waals surface area contributed by atoms with Crippen molar-refractivity contribution in [2.75, 3.05) is 19.6 Å². The SMILES string of the molecule is CCN(CC(=O)NC(=O)NCCc1cccs1)Cc1cccs1. The number of amides is 3. The second kappa shape index (κ2) is 9.44. The lowest BCUT2D eigenvalue weighted by Crippen LogP contribution is -2.44. The molecule has 2 aromatic rings. The van der Waals surface area contributed by atoms with Gasteiger partial charge in [0.05, 0.1) is 6.54 Å². The number of hydrogen-bond acceptors (Lipinski definition) is 5. The summed E-state index contributed by atoms with van der Waals surface area (Å²) in [6, 6.07) is 7.62. The van der Waals surface area contributed by atoms with Gasteiger partial charge in [-0.3, -0.25) is 15.0 Å². The Kier molecular flexibility index (Phi) is 7.25. The smallest absolute Gasteiger partial charge is 0.321 e. The van der Waals surface area contributed by atoms with E-state index in [1.165, 1.54) is 9.75 Å². The molecule has 0 bridgehead atoms. The van der Waals surface area contributed by atoms with E-state index in [-0.39, 0.29) is 12.5 Å². The zero-order valence-corrected chi connectivity index (χ0v) is 14.7. The fraction of sp³-hybridized carbons (Fsp3) is 0.375. The second-order valence-electron chi connectivity index (χ2n) is 5.02. The predicted octanol–water partition coefficient (Wildman–Crippen LogP) is 2.70. The Labute approximate surface area is 144 Å². The van der Waals surface area contributed by atoms with Gasteiger partial charge in [-0.2, -0.15) is 0 Å². The molecule has 0 aliphatic heterocycles. The van der Waals surface area contributed by atoms with E-state index in [0.717, 1.165) is 19.5 Å². The Bertz CT molecular complexity index is 597. The van der Waals surface area contributed by atoms with Crippen LogP contribution in [0.1, 0.15) is 16.7 Å². The third kappa shape index (κ3) is 6.52. The van der Waals surface area contributed by atoms with Gasteiger partial charge in [-0.1, -0.05) is 19.1 Å². The van der Waals surface area contributed by atoms with Gasteiger partial charge in [-0.15, -0.1) is 22.7 Å². The van der Waals surface area contributed by atoms with E-state index >= 15 is 0 Å². The largest absolute Gasteiger partial charge is 0.337 e. The van der Waals surface area contributed by atoms with Gasteiger partial charge in [0.1, 0.15) is 0 Å². The fourth-order valence-corrected chi connectivity index (χ4v) is 3.53. The van der Waals surface area contributed by atoms with E-state index < -0.39 is 6.03 Å². The summed E-state index contributed by atoms with van der Waals surface area (Å²) in [4.78, 5) is 28.1. The molecule has 2 heterocycles. The van der Waals surface area contributed by atoms with Crippen molar-refractivity contribution in [3.05, 3.63) is 44.8 Å². The second-order valence-corrected chi connectivity index (χ2v) is 7.08. The summed E-state index contributed by atoms with van der Waals surface area (Å²) in [7, 11) is 0. The minimum Gasteiger partial charge on any atom is -0.337 e. The Hall–Kier alpha value is -1.70. The minimum atomic E-state index is -0.432. The Morgan fingerprint density at radius 2 is 1.83 bits per heavy atom. The molecular weight excluding hydrogens is 330 g/mol. The quantitative estimate of drug-likeness (QED) is 0.769. The maximum absolute atomic E-state index is 11.9. The van der Waals surface area contributed by atoms with Crippen molar-refractivity contribution in [3.8, 4) is 0 Å². The lowest BCUT2D eigenvalue weighted by molar-refractivity contribution is -0.121. The lowest BCUT2D eigenvalue weighted by Gasteiger charge is -2.18. The first-order valence-electron chi connectivity index (χ1n) is 7.52. The number of likely N-dealkylation sites (N-methyl/N-ethyl adjacent to an activating group) is 1. The number of carbonyl (C=O) groups excluding carboxylic acids is 2. The molecule has 0 spiro atoms. The monoisotopic (exact) mass is 351 g/mol. The van der Waals surface area contributed by atoms with Gasteiger partial charge in [-0.05, 0) is 35.9 Å². The number of imide groups is 1. The van der Waals surface area contributed by atoms with E-state index in [4.69, 9.17) is 0 Å². The first kappa shape index (κ1) is 17.7. The highest BCUT2D eigenvalue weighted by Crippen LogP contribution is 2.11. The minimum absolute atomic E-state index is 0.215. The van der Waals surface area contributed by atoms with Crippen LogP contribution in [0.25, 0.3) is 0 Å². The van der Waals surface area contributed by atoms with E-state index in [1.54, 1.807) is 22.7 Å². The Balaban J connectivity index is 1.67. The molecule has 0 aliphatic rings. The van der Waals surface area contributed by atoms with E-state index in [1.807, 2.05) is 46.8 Å². The topological polar surface area (TPSA) is 61.4 Å². The van der Waals surface area contributed by atoms with Crippen LogP contribution in [-0.4, -0.2) is 36.5 Å². The number of carbonyl (C=O) groups is 2. The average molecular weight is 351 g/mol. The molecule has 0 atom stereocenters. The van der Waals surface area contributed by atoms with Crippen LogP contribution in [0, 0.1) is 0 Å². The molecule has 0 saturated heterocycles. The summed E-state index contributed by atoms with van der Waals surface area (Å²) in [5.74, 6) is -0.281. The maximum Gasteiger partial charge on any atom is 0.321 e. The van der Waals surface area contributed by atoms with Gasteiger partial charge < -0.3 is 5.32 Å². The molecule has 0 radical (unpaired) electrons. The molecule has 2 aromatic heterocycles. The van der Waals surface area contributed by atoms with Crippen molar-refractivity contribution >= 4 is 34.6 Å². The van der Waals surface area contributed by atoms with Gasteiger partial charge in [0.2, 0.25) is 5.91 Å². The molecule has 0 aromatic carbocycles. The van der Waals surface area contributed by atoms with E-state index in [9.17, 15) is 9.59 Å².